The minimum absolute atomic E-state index is 0.542. The van der Waals surface area contributed by atoms with Crippen LogP contribution in [0.3, 0.4) is 0 Å². The minimum atomic E-state index is -2.06. The summed E-state index contributed by atoms with van der Waals surface area (Å²) in [5.41, 5.74) is 0. The Balaban J connectivity index is 2.40. The highest BCUT2D eigenvalue weighted by Gasteiger charge is 2.14. The first-order chi connectivity index (χ1) is 3.21. The van der Waals surface area contributed by atoms with Crippen molar-refractivity contribution in [3.63, 3.8) is 0 Å². The Hall–Kier alpha value is -0.160. The average molecular weight is 103 g/mol. The summed E-state index contributed by atoms with van der Waals surface area (Å²) in [6, 6.07) is -2.06. The summed E-state index contributed by atoms with van der Waals surface area (Å²) in [5.74, 6) is 0. The maximum absolute atomic E-state index is 10.2. The Bertz CT molecular complexity index is 65.3. The van der Waals surface area contributed by atoms with Gasteiger partial charge in [0, 0.05) is 13.1 Å². The van der Waals surface area contributed by atoms with E-state index in [9.17, 15) is 5.11 Å². The van der Waals surface area contributed by atoms with E-state index in [1.165, 1.54) is 0 Å². The van der Waals surface area contributed by atoms with E-state index in [0.29, 0.717) is 13.1 Å². The van der Waals surface area contributed by atoms with Crippen LogP contribution in [-0.4, -0.2) is 24.2 Å². The largest absolute Gasteiger partial charge is 0.804 e. The molecule has 1 heterocycles. The third-order valence-corrected chi connectivity index (χ3v) is 0.854. The van der Waals surface area contributed by atoms with Crippen molar-refractivity contribution in [2.24, 2.45) is 0 Å². The molecule has 1 saturated heterocycles. The predicted molar refractivity (Wildman–Crippen MR) is 21.0 cm³/mol. The molecule has 0 bridgehead atoms. The van der Waals surface area contributed by atoms with Gasteiger partial charge in [-0.1, -0.05) is 0 Å². The first-order valence-electron chi connectivity index (χ1n) is 2.13. The second-order valence-corrected chi connectivity index (χ2v) is 1.50. The van der Waals surface area contributed by atoms with Gasteiger partial charge >= 0.3 is 0 Å². The summed E-state index contributed by atoms with van der Waals surface area (Å²) in [5, 5.41) is 23.2. The molecule has 0 aliphatic carbocycles. The van der Waals surface area contributed by atoms with Crippen LogP contribution >= 0.6 is 0 Å². The molecule has 7 heavy (non-hydrogen) atoms. The van der Waals surface area contributed by atoms with Gasteiger partial charge in [0.1, 0.15) is 0 Å². The van der Waals surface area contributed by atoms with Crippen LogP contribution in [0.15, 0.2) is 0 Å². The van der Waals surface area contributed by atoms with Crippen molar-refractivity contribution >= 4 is 0 Å². The third-order valence-electron chi connectivity index (χ3n) is 0.854. The maximum atomic E-state index is 10.2. The van der Waals surface area contributed by atoms with Gasteiger partial charge in [-0.25, -0.2) is 0 Å². The Morgan fingerprint density at radius 1 is 1.43 bits per heavy atom. The standard InChI is InChI=1S/C3H7N2O2/c6-3(7)4-1-2-5-3/h4-6H,1-2H2/q-1. The monoisotopic (exact) mass is 103 g/mol. The fourth-order valence-corrected chi connectivity index (χ4v) is 0.526. The molecule has 1 fully saturated rings. The van der Waals surface area contributed by atoms with E-state index >= 15 is 0 Å². The van der Waals surface area contributed by atoms with Crippen LogP contribution in [0, 0.1) is 0 Å². The smallest absolute Gasteiger partial charge is 0.0997 e. The summed E-state index contributed by atoms with van der Waals surface area (Å²) in [6.07, 6.45) is 0. The van der Waals surface area contributed by atoms with Gasteiger partial charge in [0.15, 0.2) is 0 Å². The van der Waals surface area contributed by atoms with E-state index in [1.54, 1.807) is 0 Å². The number of rotatable bonds is 0. The van der Waals surface area contributed by atoms with Gasteiger partial charge in [-0.05, 0) is 0 Å². The van der Waals surface area contributed by atoms with E-state index in [0.717, 1.165) is 0 Å². The molecular weight excluding hydrogens is 96.0 g/mol. The molecule has 0 unspecified atom stereocenters. The molecule has 1 aliphatic rings. The summed E-state index contributed by atoms with van der Waals surface area (Å²) < 4.78 is 0. The van der Waals surface area contributed by atoms with E-state index in [2.05, 4.69) is 10.6 Å². The van der Waals surface area contributed by atoms with Crippen molar-refractivity contribution in [2.45, 2.75) is 6.03 Å². The fraction of sp³-hybridized carbons (Fsp3) is 1.00. The minimum Gasteiger partial charge on any atom is -0.804 e. The molecule has 0 radical (unpaired) electrons. The van der Waals surface area contributed by atoms with E-state index in [-0.39, 0.29) is 0 Å². The zero-order chi connectivity index (χ0) is 5.33. The van der Waals surface area contributed by atoms with Crippen LogP contribution in [-0.2, 0) is 0 Å². The van der Waals surface area contributed by atoms with Gasteiger partial charge in [-0.15, -0.1) is 0 Å². The van der Waals surface area contributed by atoms with E-state index in [4.69, 9.17) is 5.11 Å². The van der Waals surface area contributed by atoms with Gasteiger partial charge in [-0.3, -0.25) is 10.6 Å². The molecule has 0 saturated carbocycles. The second-order valence-electron chi connectivity index (χ2n) is 1.50. The van der Waals surface area contributed by atoms with Crippen molar-refractivity contribution in [2.75, 3.05) is 13.1 Å². The lowest BCUT2D eigenvalue weighted by molar-refractivity contribution is -0.562. The molecule has 0 spiro atoms. The normalized spacial score (nSPS) is 28.3. The molecule has 42 valence electrons. The topological polar surface area (TPSA) is 67.3 Å². The Morgan fingerprint density at radius 3 is 2.00 bits per heavy atom. The molecule has 0 aromatic heterocycles. The average Bonchev–Trinajstić information content (AvgIpc) is 1.84. The Labute approximate surface area is 41.2 Å². The lowest BCUT2D eigenvalue weighted by Crippen LogP contribution is -2.60. The quantitative estimate of drug-likeness (QED) is 0.288. The molecule has 4 heteroatoms. The first kappa shape index (κ1) is 4.99. The van der Waals surface area contributed by atoms with Crippen molar-refractivity contribution in [3.05, 3.63) is 0 Å². The molecule has 0 aromatic carbocycles. The van der Waals surface area contributed by atoms with Crippen molar-refractivity contribution in [1.82, 2.24) is 10.6 Å². The van der Waals surface area contributed by atoms with Crippen LogP contribution in [0.5, 0.6) is 0 Å². The van der Waals surface area contributed by atoms with Crippen LogP contribution in [0.2, 0.25) is 0 Å². The molecule has 3 N–H and O–H groups in total. The van der Waals surface area contributed by atoms with Crippen molar-refractivity contribution < 1.29 is 10.2 Å². The van der Waals surface area contributed by atoms with Gasteiger partial charge in [0.2, 0.25) is 0 Å². The lowest BCUT2D eigenvalue weighted by atomic mass is 10.7. The predicted octanol–water partition coefficient (Wildman–Crippen LogP) is -2.86. The number of aliphatic hydroxyl groups is 1. The highest BCUT2D eigenvalue weighted by atomic mass is 16.5. The van der Waals surface area contributed by atoms with Crippen molar-refractivity contribution in [3.8, 4) is 0 Å². The first-order valence-corrected chi connectivity index (χ1v) is 2.13. The fourth-order valence-electron chi connectivity index (χ4n) is 0.526. The summed E-state index contributed by atoms with van der Waals surface area (Å²) in [6.45, 7) is 1.08. The molecule has 0 atom stereocenters. The lowest BCUT2D eigenvalue weighted by Gasteiger charge is -2.28. The summed E-state index contributed by atoms with van der Waals surface area (Å²) in [7, 11) is 0. The number of hydrogen-bond donors (Lipinski definition) is 3. The van der Waals surface area contributed by atoms with Gasteiger partial charge in [-0.2, -0.15) is 0 Å². The van der Waals surface area contributed by atoms with Gasteiger partial charge in [0.25, 0.3) is 0 Å². The third kappa shape index (κ3) is 1.10. The summed E-state index contributed by atoms with van der Waals surface area (Å²) in [4.78, 5) is 0. The maximum Gasteiger partial charge on any atom is 0.0997 e. The Kier molecular flexibility index (Phi) is 1.01. The zero-order valence-electron chi connectivity index (χ0n) is 3.77. The highest BCUT2D eigenvalue weighted by molar-refractivity contribution is 4.66. The van der Waals surface area contributed by atoms with Crippen LogP contribution < -0.4 is 15.7 Å². The zero-order valence-corrected chi connectivity index (χ0v) is 3.77. The van der Waals surface area contributed by atoms with Gasteiger partial charge < -0.3 is 10.2 Å². The molecule has 0 aromatic rings. The Morgan fingerprint density at radius 2 is 1.86 bits per heavy atom. The molecule has 1 aliphatic heterocycles. The van der Waals surface area contributed by atoms with E-state index in [1.807, 2.05) is 0 Å². The number of nitrogens with one attached hydrogen (secondary N) is 2. The van der Waals surface area contributed by atoms with Crippen molar-refractivity contribution in [1.29, 1.82) is 0 Å². The van der Waals surface area contributed by atoms with Gasteiger partial charge in [0.05, 0.1) is 6.03 Å². The van der Waals surface area contributed by atoms with Crippen LogP contribution in [0.1, 0.15) is 0 Å². The van der Waals surface area contributed by atoms with Crippen LogP contribution in [0.25, 0.3) is 0 Å². The molecule has 0 amide bonds. The van der Waals surface area contributed by atoms with Crippen LogP contribution in [0.4, 0.5) is 0 Å². The number of hydrogen-bond acceptors (Lipinski definition) is 4. The molecule has 1 rings (SSSR count). The SMILES string of the molecule is [O-]C1(O)NCCN1. The van der Waals surface area contributed by atoms with E-state index < -0.39 is 6.03 Å². The molecule has 4 nitrogen and oxygen atoms in total. The second kappa shape index (κ2) is 1.41. The summed E-state index contributed by atoms with van der Waals surface area (Å²) >= 11 is 0. The highest BCUT2D eigenvalue weighted by Crippen LogP contribution is 1.85. The molecular formula is C3H7N2O2-.